The lowest BCUT2D eigenvalue weighted by atomic mass is 10.0. The molecule has 32 heavy (non-hydrogen) atoms. The summed E-state index contributed by atoms with van der Waals surface area (Å²) in [5.41, 5.74) is 11.4. The Morgan fingerprint density at radius 2 is 1.62 bits per heavy atom. The van der Waals surface area contributed by atoms with Crippen molar-refractivity contribution in [2.75, 3.05) is 18.5 Å². The van der Waals surface area contributed by atoms with Crippen molar-refractivity contribution in [1.82, 2.24) is 15.0 Å². The molecule has 0 amide bonds. The van der Waals surface area contributed by atoms with Crippen molar-refractivity contribution in [3.63, 3.8) is 0 Å². The second kappa shape index (κ2) is 7.86. The molecule has 0 aliphatic carbocycles. The molecule has 4 N–H and O–H groups in total. The minimum Gasteiger partial charge on any atom is -0.371 e. The third-order valence-corrected chi connectivity index (χ3v) is 6.39. The van der Waals surface area contributed by atoms with Gasteiger partial charge in [0.05, 0.1) is 41.5 Å². The molecular weight excluding hydrogens is 426 g/mol. The van der Waals surface area contributed by atoms with Crippen LogP contribution in [0.3, 0.4) is 0 Å². The van der Waals surface area contributed by atoms with Crippen molar-refractivity contribution in [3.05, 3.63) is 65.7 Å². The highest BCUT2D eigenvalue weighted by atomic mass is 35.5. The molecule has 162 valence electrons. The summed E-state index contributed by atoms with van der Waals surface area (Å²) in [5.74, 6) is 0.610. The van der Waals surface area contributed by atoms with E-state index < -0.39 is 0 Å². The van der Waals surface area contributed by atoms with Crippen molar-refractivity contribution in [3.8, 4) is 22.4 Å². The van der Waals surface area contributed by atoms with Crippen molar-refractivity contribution >= 4 is 28.7 Å². The lowest BCUT2D eigenvalue weighted by Gasteiger charge is -2.16. The first-order valence-electron chi connectivity index (χ1n) is 10.6. The quantitative estimate of drug-likeness (QED) is 0.439. The number of hydrogen-bond donors (Lipinski definition) is 3. The number of aromatic nitrogens is 3. The van der Waals surface area contributed by atoms with Crippen LogP contribution in [0.5, 0.6) is 0 Å². The minimum absolute atomic E-state index is 0.0189. The van der Waals surface area contributed by atoms with Gasteiger partial charge in [-0.15, -0.1) is 0 Å². The monoisotopic (exact) mass is 447 g/mol. The number of nitrogens with zero attached hydrogens (tertiary/aromatic N) is 2. The van der Waals surface area contributed by atoms with E-state index in [9.17, 15) is 0 Å². The summed E-state index contributed by atoms with van der Waals surface area (Å²) in [6.45, 7) is 1.03. The number of imidazole rings is 1. The topological polar surface area (TPSA) is 98.1 Å². The Bertz CT molecular complexity index is 1260. The molecule has 2 aromatic carbocycles. The lowest BCUT2D eigenvalue weighted by molar-refractivity contribution is 0.0698. The first kappa shape index (κ1) is 19.7. The van der Waals surface area contributed by atoms with Crippen LogP contribution in [-0.2, 0) is 9.47 Å². The van der Waals surface area contributed by atoms with E-state index in [-0.39, 0.29) is 24.3 Å². The predicted octanol–water partition coefficient (Wildman–Crippen LogP) is 3.85. The van der Waals surface area contributed by atoms with Gasteiger partial charge in [0.25, 0.3) is 0 Å². The van der Waals surface area contributed by atoms with Crippen molar-refractivity contribution in [2.24, 2.45) is 5.73 Å². The Hall–Kier alpha value is -2.97. The molecule has 4 atom stereocenters. The van der Waals surface area contributed by atoms with Gasteiger partial charge >= 0.3 is 0 Å². The smallest absolute Gasteiger partial charge is 0.203 e. The molecule has 0 bridgehead atoms. The molecule has 2 aromatic heterocycles. The normalized spacial score (nSPS) is 24.7. The summed E-state index contributed by atoms with van der Waals surface area (Å²) in [5, 5.41) is 3.94. The highest BCUT2D eigenvalue weighted by Crippen LogP contribution is 2.32. The third kappa shape index (κ3) is 3.43. The average molecular weight is 448 g/mol. The van der Waals surface area contributed by atoms with E-state index in [1.165, 1.54) is 5.56 Å². The number of fused-ring (bicyclic) bond motifs is 2. The zero-order valence-corrected chi connectivity index (χ0v) is 17.9. The summed E-state index contributed by atoms with van der Waals surface area (Å²) >= 11 is 6.58. The van der Waals surface area contributed by atoms with Crippen LogP contribution in [0.15, 0.2) is 60.7 Å². The van der Waals surface area contributed by atoms with Gasteiger partial charge in [-0.25, -0.2) is 4.98 Å². The largest absolute Gasteiger partial charge is 0.371 e. The molecule has 1 unspecified atom stereocenters. The van der Waals surface area contributed by atoms with Crippen LogP contribution >= 0.6 is 11.6 Å². The number of ether oxygens (including phenoxy) is 2. The van der Waals surface area contributed by atoms with E-state index in [4.69, 9.17) is 31.8 Å². The fourth-order valence-electron chi connectivity index (χ4n) is 4.47. The predicted molar refractivity (Wildman–Crippen MR) is 125 cm³/mol. The Morgan fingerprint density at radius 3 is 2.44 bits per heavy atom. The maximum absolute atomic E-state index is 6.58. The first-order chi connectivity index (χ1) is 15.7. The zero-order valence-electron chi connectivity index (χ0n) is 17.2. The standard InChI is InChI=1S/C24H22ClN5O2/c25-16-10-18-23(30-24(27-18)28-19-12-32-21-17(26)11-31-22(19)21)29-20(16)15-8-6-14(7-9-15)13-4-2-1-3-5-13/h1-10,17,19,21-22H,11-12,26H2,(H2,27,28,29,30)/t17-,19?,21-,22-/m1/s1. The molecule has 8 heteroatoms. The third-order valence-electron chi connectivity index (χ3n) is 6.11. The highest BCUT2D eigenvalue weighted by molar-refractivity contribution is 6.33. The SMILES string of the molecule is N[C@@H]1CO[C@@H]2C(Nc3nc4nc(-c5ccc(-c6ccccc6)cc5)c(Cl)cc4[nH]3)CO[C@H]12. The van der Waals surface area contributed by atoms with Crippen LogP contribution in [0.1, 0.15) is 0 Å². The van der Waals surface area contributed by atoms with E-state index >= 15 is 0 Å². The summed E-state index contributed by atoms with van der Waals surface area (Å²) in [6, 6.07) is 20.2. The van der Waals surface area contributed by atoms with Gasteiger partial charge in [-0.05, 0) is 17.2 Å². The molecule has 0 spiro atoms. The Labute approximate surface area is 189 Å². The lowest BCUT2D eigenvalue weighted by Crippen LogP contribution is -2.38. The van der Waals surface area contributed by atoms with Gasteiger partial charge in [-0.1, -0.05) is 66.2 Å². The number of hydrogen-bond acceptors (Lipinski definition) is 6. The van der Waals surface area contributed by atoms with Gasteiger partial charge in [0.15, 0.2) is 5.65 Å². The van der Waals surface area contributed by atoms with Gasteiger partial charge in [-0.3, -0.25) is 0 Å². The number of benzene rings is 2. The number of rotatable bonds is 4. The van der Waals surface area contributed by atoms with E-state index in [1.807, 2.05) is 36.4 Å². The number of anilines is 1. The summed E-state index contributed by atoms with van der Waals surface area (Å²) in [7, 11) is 0. The highest BCUT2D eigenvalue weighted by Gasteiger charge is 2.46. The molecule has 7 nitrogen and oxygen atoms in total. The van der Waals surface area contributed by atoms with Crippen LogP contribution < -0.4 is 11.1 Å². The second-order valence-electron chi connectivity index (χ2n) is 8.23. The van der Waals surface area contributed by atoms with Crippen molar-refractivity contribution in [2.45, 2.75) is 24.3 Å². The number of halogens is 1. The van der Waals surface area contributed by atoms with Gasteiger partial charge in [-0.2, -0.15) is 4.98 Å². The number of nitrogens with one attached hydrogen (secondary N) is 2. The zero-order chi connectivity index (χ0) is 21.7. The molecular formula is C24H22ClN5O2. The van der Waals surface area contributed by atoms with Gasteiger partial charge in [0.2, 0.25) is 5.95 Å². The summed E-state index contributed by atoms with van der Waals surface area (Å²) < 4.78 is 11.6. The van der Waals surface area contributed by atoms with E-state index in [0.717, 1.165) is 16.6 Å². The molecule has 2 saturated heterocycles. The summed E-state index contributed by atoms with van der Waals surface area (Å²) in [4.78, 5) is 12.6. The number of pyridine rings is 1. The van der Waals surface area contributed by atoms with Crippen LogP contribution in [0.2, 0.25) is 5.02 Å². The molecule has 6 rings (SSSR count). The average Bonchev–Trinajstić information content (AvgIpc) is 3.51. The maximum Gasteiger partial charge on any atom is 0.203 e. The van der Waals surface area contributed by atoms with E-state index in [1.54, 1.807) is 0 Å². The van der Waals surface area contributed by atoms with Crippen LogP contribution in [-0.4, -0.2) is 52.5 Å². The van der Waals surface area contributed by atoms with Crippen molar-refractivity contribution in [1.29, 1.82) is 0 Å². The minimum atomic E-state index is -0.0845. The Morgan fingerprint density at radius 1 is 0.906 bits per heavy atom. The first-order valence-corrected chi connectivity index (χ1v) is 11.0. The van der Waals surface area contributed by atoms with Crippen LogP contribution in [0, 0.1) is 0 Å². The van der Waals surface area contributed by atoms with E-state index in [2.05, 4.69) is 39.6 Å². The van der Waals surface area contributed by atoms with E-state index in [0.29, 0.717) is 35.5 Å². The number of aromatic amines is 1. The Balaban J connectivity index is 1.26. The van der Waals surface area contributed by atoms with Gasteiger partial charge < -0.3 is 25.5 Å². The van der Waals surface area contributed by atoms with Crippen LogP contribution in [0.25, 0.3) is 33.5 Å². The fraction of sp³-hybridized carbons (Fsp3) is 0.250. The molecule has 4 aromatic rings. The fourth-order valence-corrected chi connectivity index (χ4v) is 4.73. The number of nitrogens with two attached hydrogens (primary N) is 1. The second-order valence-corrected chi connectivity index (χ2v) is 8.64. The van der Waals surface area contributed by atoms with Gasteiger partial charge in [0.1, 0.15) is 12.2 Å². The molecule has 2 fully saturated rings. The Kier molecular flexibility index (Phi) is 4.84. The number of H-pyrrole nitrogens is 1. The molecule has 2 aliphatic rings. The van der Waals surface area contributed by atoms with Crippen molar-refractivity contribution < 1.29 is 9.47 Å². The van der Waals surface area contributed by atoms with Crippen LogP contribution in [0.4, 0.5) is 5.95 Å². The molecule has 0 saturated carbocycles. The summed E-state index contributed by atoms with van der Waals surface area (Å²) in [6.07, 6.45) is -0.150. The maximum atomic E-state index is 6.58. The van der Waals surface area contributed by atoms with Gasteiger partial charge in [0, 0.05) is 5.56 Å². The molecule has 0 radical (unpaired) electrons. The molecule has 4 heterocycles. The molecule has 2 aliphatic heterocycles.